The van der Waals surface area contributed by atoms with Crippen LogP contribution in [-0.4, -0.2) is 30.2 Å². The van der Waals surface area contributed by atoms with Crippen molar-refractivity contribution in [2.45, 2.75) is 39.3 Å². The third kappa shape index (κ3) is 2.75. The summed E-state index contributed by atoms with van der Waals surface area (Å²) in [5.41, 5.74) is 2.42. The predicted molar refractivity (Wildman–Crippen MR) is 89.8 cm³/mol. The summed E-state index contributed by atoms with van der Waals surface area (Å²) >= 11 is 0. The van der Waals surface area contributed by atoms with Gasteiger partial charge in [0.15, 0.2) is 0 Å². The minimum atomic E-state index is 0.555. The maximum atomic E-state index is 4.50. The number of rotatable bonds is 3. The second kappa shape index (κ2) is 6.02. The van der Waals surface area contributed by atoms with E-state index >= 15 is 0 Å². The average molecular weight is 283 g/mol. The van der Waals surface area contributed by atoms with Crippen LogP contribution in [0.25, 0.3) is 10.9 Å². The molecule has 3 nitrogen and oxygen atoms in total. The average Bonchev–Trinajstić information content (AvgIpc) is 2.53. The lowest BCUT2D eigenvalue weighted by molar-refractivity contribution is 0.325. The third-order valence-electron chi connectivity index (χ3n) is 4.66. The number of anilines is 1. The first kappa shape index (κ1) is 14.3. The molecule has 2 heterocycles. The van der Waals surface area contributed by atoms with E-state index in [1.54, 1.807) is 0 Å². The van der Waals surface area contributed by atoms with Gasteiger partial charge in [0.25, 0.3) is 0 Å². The molecule has 2 atom stereocenters. The summed E-state index contributed by atoms with van der Waals surface area (Å²) in [6.45, 7) is 9.01. The molecule has 2 aromatic rings. The molecule has 1 aromatic heterocycles. The Bertz CT molecular complexity index is 603. The van der Waals surface area contributed by atoms with Crippen molar-refractivity contribution in [1.29, 1.82) is 0 Å². The number of aromatic nitrogens is 1. The topological polar surface area (TPSA) is 28.2 Å². The van der Waals surface area contributed by atoms with Crippen LogP contribution in [0.2, 0.25) is 0 Å². The first-order valence-electron chi connectivity index (χ1n) is 8.04. The lowest BCUT2D eigenvalue weighted by Gasteiger charge is -2.43. The molecule has 1 aliphatic rings. The highest BCUT2D eigenvalue weighted by Crippen LogP contribution is 2.29. The van der Waals surface area contributed by atoms with Gasteiger partial charge in [0.05, 0.1) is 5.52 Å². The van der Waals surface area contributed by atoms with E-state index in [0.29, 0.717) is 18.0 Å². The zero-order chi connectivity index (χ0) is 14.8. The van der Waals surface area contributed by atoms with Crippen molar-refractivity contribution in [3.63, 3.8) is 0 Å². The van der Waals surface area contributed by atoms with Gasteiger partial charge in [-0.25, -0.2) is 0 Å². The number of piperazine rings is 1. The molecule has 0 aliphatic carbocycles. The van der Waals surface area contributed by atoms with Gasteiger partial charge >= 0.3 is 0 Å². The van der Waals surface area contributed by atoms with Gasteiger partial charge in [-0.15, -0.1) is 0 Å². The fourth-order valence-corrected chi connectivity index (χ4v) is 3.27. The minimum Gasteiger partial charge on any atom is -0.365 e. The van der Waals surface area contributed by atoms with Crippen LogP contribution in [0, 0.1) is 5.92 Å². The number of benzene rings is 1. The van der Waals surface area contributed by atoms with E-state index < -0.39 is 0 Å². The molecule has 1 fully saturated rings. The van der Waals surface area contributed by atoms with E-state index in [4.69, 9.17) is 0 Å². The summed E-state index contributed by atoms with van der Waals surface area (Å²) in [5.74, 6) is 0.651. The van der Waals surface area contributed by atoms with E-state index in [2.05, 4.69) is 60.2 Å². The molecule has 0 radical (unpaired) electrons. The first-order valence-corrected chi connectivity index (χ1v) is 8.04. The Kier molecular flexibility index (Phi) is 4.11. The molecule has 1 aromatic carbocycles. The van der Waals surface area contributed by atoms with Gasteiger partial charge in [-0.05, 0) is 36.6 Å². The van der Waals surface area contributed by atoms with Crippen molar-refractivity contribution >= 4 is 16.6 Å². The quantitative estimate of drug-likeness (QED) is 0.935. The van der Waals surface area contributed by atoms with E-state index in [0.717, 1.165) is 25.0 Å². The maximum Gasteiger partial charge on any atom is 0.0722 e. The van der Waals surface area contributed by atoms with E-state index in [1.165, 1.54) is 11.1 Å². The van der Waals surface area contributed by atoms with Gasteiger partial charge in [-0.1, -0.05) is 26.8 Å². The van der Waals surface area contributed by atoms with Crippen LogP contribution in [0.3, 0.4) is 0 Å². The molecule has 2 unspecified atom stereocenters. The Morgan fingerprint density at radius 3 is 2.90 bits per heavy atom. The molecule has 0 amide bonds. The molecular weight excluding hydrogens is 258 g/mol. The molecule has 1 saturated heterocycles. The van der Waals surface area contributed by atoms with Crippen molar-refractivity contribution in [3.05, 3.63) is 36.5 Å². The molecular formula is C18H25N3. The van der Waals surface area contributed by atoms with Crippen LogP contribution in [0.4, 0.5) is 5.69 Å². The fraction of sp³-hybridized carbons (Fsp3) is 0.500. The SMILES string of the molecule is CCC1CNC(C(C)C)CN1c1cccc2ncccc12. The lowest BCUT2D eigenvalue weighted by Crippen LogP contribution is -2.58. The highest BCUT2D eigenvalue weighted by Gasteiger charge is 2.29. The number of pyridine rings is 1. The highest BCUT2D eigenvalue weighted by molar-refractivity contribution is 5.91. The molecule has 21 heavy (non-hydrogen) atoms. The van der Waals surface area contributed by atoms with Gasteiger partial charge in [-0.2, -0.15) is 0 Å². The summed E-state index contributed by atoms with van der Waals surface area (Å²) in [6.07, 6.45) is 3.03. The van der Waals surface area contributed by atoms with Crippen LogP contribution < -0.4 is 10.2 Å². The van der Waals surface area contributed by atoms with E-state index in [-0.39, 0.29) is 0 Å². The Morgan fingerprint density at radius 2 is 2.14 bits per heavy atom. The van der Waals surface area contributed by atoms with Crippen LogP contribution in [0.15, 0.2) is 36.5 Å². The van der Waals surface area contributed by atoms with Crippen molar-refractivity contribution in [1.82, 2.24) is 10.3 Å². The normalized spacial score (nSPS) is 23.0. The summed E-state index contributed by atoms with van der Waals surface area (Å²) in [7, 11) is 0. The van der Waals surface area contributed by atoms with Crippen LogP contribution in [0.1, 0.15) is 27.2 Å². The largest absolute Gasteiger partial charge is 0.365 e. The zero-order valence-corrected chi connectivity index (χ0v) is 13.2. The molecule has 1 aliphatic heterocycles. The smallest absolute Gasteiger partial charge is 0.0722 e. The molecule has 3 heteroatoms. The van der Waals surface area contributed by atoms with Gasteiger partial charge in [0.2, 0.25) is 0 Å². The number of fused-ring (bicyclic) bond motifs is 1. The monoisotopic (exact) mass is 283 g/mol. The van der Waals surface area contributed by atoms with Crippen LogP contribution in [-0.2, 0) is 0 Å². The first-order chi connectivity index (χ1) is 10.2. The van der Waals surface area contributed by atoms with Gasteiger partial charge < -0.3 is 10.2 Å². The zero-order valence-electron chi connectivity index (χ0n) is 13.2. The Morgan fingerprint density at radius 1 is 1.29 bits per heavy atom. The van der Waals surface area contributed by atoms with Crippen molar-refractivity contribution in [2.75, 3.05) is 18.0 Å². The van der Waals surface area contributed by atoms with Gasteiger partial charge in [-0.3, -0.25) is 4.98 Å². The molecule has 3 rings (SSSR count). The summed E-state index contributed by atoms with van der Waals surface area (Å²) in [5, 5.41) is 4.98. The summed E-state index contributed by atoms with van der Waals surface area (Å²) < 4.78 is 0. The lowest BCUT2D eigenvalue weighted by atomic mass is 9.97. The van der Waals surface area contributed by atoms with Crippen molar-refractivity contribution in [2.24, 2.45) is 5.92 Å². The molecule has 0 bridgehead atoms. The van der Waals surface area contributed by atoms with E-state index in [1.807, 2.05) is 12.3 Å². The highest BCUT2D eigenvalue weighted by atomic mass is 15.2. The second-order valence-corrected chi connectivity index (χ2v) is 6.32. The summed E-state index contributed by atoms with van der Waals surface area (Å²) in [6, 6.07) is 11.8. The van der Waals surface area contributed by atoms with Crippen molar-refractivity contribution < 1.29 is 0 Å². The predicted octanol–water partition coefficient (Wildman–Crippen LogP) is 3.45. The number of hydrogen-bond acceptors (Lipinski definition) is 3. The van der Waals surface area contributed by atoms with Crippen LogP contribution in [0.5, 0.6) is 0 Å². The van der Waals surface area contributed by atoms with Crippen molar-refractivity contribution in [3.8, 4) is 0 Å². The van der Waals surface area contributed by atoms with Gasteiger partial charge in [0.1, 0.15) is 0 Å². The maximum absolute atomic E-state index is 4.50. The fourth-order valence-electron chi connectivity index (χ4n) is 3.27. The Hall–Kier alpha value is -1.61. The number of nitrogens with zero attached hydrogens (tertiary/aromatic N) is 2. The molecule has 0 saturated carbocycles. The standard InChI is InChI=1S/C18H25N3/c1-4-14-11-20-17(13(2)3)12-21(14)18-9-5-8-16-15(18)7-6-10-19-16/h5-10,13-14,17,20H,4,11-12H2,1-3H3. The third-order valence-corrected chi connectivity index (χ3v) is 4.66. The molecule has 0 spiro atoms. The Balaban J connectivity index is 2.01. The number of hydrogen-bond donors (Lipinski definition) is 1. The van der Waals surface area contributed by atoms with Crippen LogP contribution >= 0.6 is 0 Å². The number of nitrogens with one attached hydrogen (secondary N) is 1. The summed E-state index contributed by atoms with van der Waals surface area (Å²) in [4.78, 5) is 7.09. The molecule has 112 valence electrons. The minimum absolute atomic E-state index is 0.555. The second-order valence-electron chi connectivity index (χ2n) is 6.32. The van der Waals surface area contributed by atoms with Gasteiger partial charge in [0, 0.05) is 42.4 Å². The molecule has 1 N–H and O–H groups in total. The van der Waals surface area contributed by atoms with E-state index in [9.17, 15) is 0 Å². The Labute approximate surface area is 127 Å².